The van der Waals surface area contributed by atoms with Crippen LogP contribution in [-0.2, 0) is 13.0 Å². The first-order chi connectivity index (χ1) is 12.3. The van der Waals surface area contributed by atoms with Crippen molar-refractivity contribution < 1.29 is 4.79 Å². The van der Waals surface area contributed by atoms with Crippen molar-refractivity contribution in [1.29, 1.82) is 0 Å². The van der Waals surface area contributed by atoms with E-state index in [9.17, 15) is 4.79 Å². The average molecular weight is 335 g/mol. The number of imidazole rings is 1. The summed E-state index contributed by atoms with van der Waals surface area (Å²) in [4.78, 5) is 20.2. The lowest BCUT2D eigenvalue weighted by Crippen LogP contribution is -2.35. The summed E-state index contributed by atoms with van der Waals surface area (Å²) in [5.74, 6) is 0.798. The number of nitrogens with one attached hydrogen (secondary N) is 2. The van der Waals surface area contributed by atoms with Crippen LogP contribution in [-0.4, -0.2) is 27.1 Å². The Bertz CT molecular complexity index is 769. The van der Waals surface area contributed by atoms with Crippen LogP contribution in [0.5, 0.6) is 0 Å². The summed E-state index contributed by atoms with van der Waals surface area (Å²) in [5, 5.41) is 5.72. The van der Waals surface area contributed by atoms with Gasteiger partial charge in [-0.3, -0.25) is 4.57 Å². The van der Waals surface area contributed by atoms with Crippen LogP contribution in [0.25, 0.3) is 5.82 Å². The van der Waals surface area contributed by atoms with Crippen LogP contribution in [0.4, 0.5) is 4.79 Å². The zero-order valence-corrected chi connectivity index (χ0v) is 13.9. The molecule has 0 spiro atoms. The molecular weight excluding hydrogens is 314 g/mol. The fraction of sp³-hybridized carbons (Fsp3) is 0.211. The number of nitrogens with zero attached hydrogens (tertiary/aromatic N) is 3. The van der Waals surface area contributed by atoms with Gasteiger partial charge in [-0.25, -0.2) is 14.8 Å². The van der Waals surface area contributed by atoms with Gasteiger partial charge in [0.25, 0.3) is 0 Å². The van der Waals surface area contributed by atoms with Crippen molar-refractivity contribution in [2.75, 3.05) is 6.54 Å². The number of hydrogen-bond donors (Lipinski definition) is 2. The van der Waals surface area contributed by atoms with Crippen LogP contribution >= 0.6 is 0 Å². The first-order valence-electron chi connectivity index (χ1n) is 8.30. The van der Waals surface area contributed by atoms with E-state index in [0.29, 0.717) is 13.1 Å². The highest BCUT2D eigenvalue weighted by molar-refractivity contribution is 5.73. The number of benzene rings is 1. The molecule has 2 N–H and O–H groups in total. The van der Waals surface area contributed by atoms with Crippen LogP contribution in [0.15, 0.2) is 67.4 Å². The highest BCUT2D eigenvalue weighted by Gasteiger charge is 2.02. The van der Waals surface area contributed by atoms with E-state index >= 15 is 0 Å². The quantitative estimate of drug-likeness (QED) is 0.652. The molecule has 0 bridgehead atoms. The largest absolute Gasteiger partial charge is 0.338 e. The summed E-state index contributed by atoms with van der Waals surface area (Å²) in [6, 6.07) is 13.9. The van der Waals surface area contributed by atoms with Gasteiger partial charge in [0.1, 0.15) is 12.1 Å². The minimum Gasteiger partial charge on any atom is -0.338 e. The molecule has 2 amide bonds. The summed E-state index contributed by atoms with van der Waals surface area (Å²) >= 11 is 0. The lowest BCUT2D eigenvalue weighted by molar-refractivity contribution is 0.240. The van der Waals surface area contributed by atoms with Crippen molar-refractivity contribution in [3.63, 3.8) is 0 Å². The summed E-state index contributed by atoms with van der Waals surface area (Å²) in [6.45, 7) is 1.10. The molecule has 0 aliphatic rings. The Morgan fingerprint density at radius 2 is 1.92 bits per heavy atom. The minimum atomic E-state index is -0.160. The molecule has 2 aromatic heterocycles. The van der Waals surface area contributed by atoms with E-state index in [1.165, 1.54) is 5.56 Å². The average Bonchev–Trinajstić information content (AvgIpc) is 3.20. The van der Waals surface area contributed by atoms with E-state index < -0.39 is 0 Å². The molecule has 0 saturated carbocycles. The van der Waals surface area contributed by atoms with Gasteiger partial charge in [-0.1, -0.05) is 36.4 Å². The summed E-state index contributed by atoms with van der Waals surface area (Å²) in [6.07, 6.45) is 8.87. The summed E-state index contributed by atoms with van der Waals surface area (Å²) in [7, 11) is 0. The maximum absolute atomic E-state index is 11.8. The predicted molar refractivity (Wildman–Crippen MR) is 96.4 cm³/mol. The summed E-state index contributed by atoms with van der Waals surface area (Å²) in [5.41, 5.74) is 2.23. The van der Waals surface area contributed by atoms with Crippen LogP contribution in [0, 0.1) is 0 Å². The molecule has 0 atom stereocenters. The van der Waals surface area contributed by atoms with Crippen LogP contribution < -0.4 is 10.6 Å². The lowest BCUT2D eigenvalue weighted by atomic mass is 10.1. The van der Waals surface area contributed by atoms with Crippen LogP contribution in [0.1, 0.15) is 17.5 Å². The predicted octanol–water partition coefficient (Wildman–Crippen LogP) is 2.70. The van der Waals surface area contributed by atoms with E-state index in [2.05, 4.69) is 32.7 Å². The molecule has 3 aromatic rings. The molecule has 3 rings (SSSR count). The van der Waals surface area contributed by atoms with Crippen molar-refractivity contribution in [1.82, 2.24) is 25.2 Å². The number of amides is 2. The lowest BCUT2D eigenvalue weighted by Gasteiger charge is -2.08. The minimum absolute atomic E-state index is 0.160. The Hall–Kier alpha value is -3.15. The number of aromatic nitrogens is 3. The highest BCUT2D eigenvalue weighted by atomic mass is 16.2. The second-order valence-corrected chi connectivity index (χ2v) is 5.69. The zero-order valence-electron chi connectivity index (χ0n) is 13.9. The Labute approximate surface area is 146 Å². The molecule has 2 heterocycles. The third-order valence-corrected chi connectivity index (χ3v) is 3.80. The number of urea groups is 1. The van der Waals surface area contributed by atoms with Gasteiger partial charge in [0.05, 0.1) is 0 Å². The first kappa shape index (κ1) is 16.7. The maximum Gasteiger partial charge on any atom is 0.315 e. The molecule has 0 aliphatic heterocycles. The standard InChI is InChI=1S/C19H21N5O/c25-19(21-10-4-7-16-5-2-1-3-6-16)23-14-17-8-9-18(22-13-17)24-12-11-20-15-24/h1-3,5-6,8-9,11-13,15H,4,7,10,14H2,(H2,21,23,25). The number of carbonyl (C=O) groups is 1. The van der Waals surface area contributed by atoms with Gasteiger partial charge >= 0.3 is 6.03 Å². The maximum atomic E-state index is 11.8. The van der Waals surface area contributed by atoms with Gasteiger partial charge in [0.15, 0.2) is 0 Å². The molecule has 128 valence electrons. The molecular formula is C19H21N5O. The molecule has 0 unspecified atom stereocenters. The Morgan fingerprint density at radius 1 is 1.04 bits per heavy atom. The smallest absolute Gasteiger partial charge is 0.315 e. The Morgan fingerprint density at radius 3 is 2.64 bits per heavy atom. The normalized spacial score (nSPS) is 10.4. The first-order valence-corrected chi connectivity index (χ1v) is 8.30. The monoisotopic (exact) mass is 335 g/mol. The fourth-order valence-corrected chi connectivity index (χ4v) is 2.45. The van der Waals surface area contributed by atoms with Gasteiger partial charge in [0, 0.05) is 31.7 Å². The number of hydrogen-bond acceptors (Lipinski definition) is 3. The molecule has 0 fully saturated rings. The van der Waals surface area contributed by atoms with Crippen LogP contribution in [0.2, 0.25) is 0 Å². The molecule has 0 radical (unpaired) electrons. The number of pyridine rings is 1. The molecule has 6 heteroatoms. The van der Waals surface area contributed by atoms with E-state index in [0.717, 1.165) is 24.2 Å². The van der Waals surface area contributed by atoms with E-state index in [-0.39, 0.29) is 6.03 Å². The number of rotatable bonds is 7. The molecule has 25 heavy (non-hydrogen) atoms. The Balaban J connectivity index is 1.36. The van der Waals surface area contributed by atoms with Crippen molar-refractivity contribution in [3.05, 3.63) is 78.5 Å². The molecule has 1 aromatic carbocycles. The highest BCUT2D eigenvalue weighted by Crippen LogP contribution is 2.05. The molecule has 0 saturated heterocycles. The summed E-state index contributed by atoms with van der Waals surface area (Å²) < 4.78 is 1.83. The van der Waals surface area contributed by atoms with Gasteiger partial charge in [-0.2, -0.15) is 0 Å². The molecule has 6 nitrogen and oxygen atoms in total. The second kappa shape index (κ2) is 8.63. The fourth-order valence-electron chi connectivity index (χ4n) is 2.45. The van der Waals surface area contributed by atoms with Gasteiger partial charge in [-0.05, 0) is 30.0 Å². The van der Waals surface area contributed by atoms with E-state index in [1.54, 1.807) is 18.7 Å². The molecule has 0 aliphatic carbocycles. The SMILES string of the molecule is O=C(NCCCc1ccccc1)NCc1ccc(-n2ccnc2)nc1. The van der Waals surface area contributed by atoms with Crippen molar-refractivity contribution in [2.45, 2.75) is 19.4 Å². The number of carbonyl (C=O) groups excluding carboxylic acids is 1. The van der Waals surface area contributed by atoms with Crippen molar-refractivity contribution in [2.24, 2.45) is 0 Å². The van der Waals surface area contributed by atoms with E-state index in [4.69, 9.17) is 0 Å². The van der Waals surface area contributed by atoms with Crippen molar-refractivity contribution >= 4 is 6.03 Å². The van der Waals surface area contributed by atoms with Crippen molar-refractivity contribution in [3.8, 4) is 5.82 Å². The number of aryl methyl sites for hydroxylation is 1. The van der Waals surface area contributed by atoms with Gasteiger partial charge in [0.2, 0.25) is 0 Å². The zero-order chi connectivity index (χ0) is 17.3. The third-order valence-electron chi connectivity index (χ3n) is 3.80. The van der Waals surface area contributed by atoms with E-state index in [1.807, 2.05) is 41.1 Å². The van der Waals surface area contributed by atoms with Gasteiger partial charge in [-0.15, -0.1) is 0 Å². The third kappa shape index (κ3) is 5.17. The second-order valence-electron chi connectivity index (χ2n) is 5.69. The topological polar surface area (TPSA) is 71.8 Å². The van der Waals surface area contributed by atoms with Crippen LogP contribution in [0.3, 0.4) is 0 Å². The Kier molecular flexibility index (Phi) is 5.77. The van der Waals surface area contributed by atoms with Gasteiger partial charge < -0.3 is 10.6 Å².